The number of fused-ring (bicyclic) bond motifs is 1. The average molecular weight is 395 g/mol. The topological polar surface area (TPSA) is 77.0 Å². The number of aryl methyl sites for hydroxylation is 2. The van der Waals surface area contributed by atoms with E-state index in [0.29, 0.717) is 22.1 Å². The van der Waals surface area contributed by atoms with Crippen LogP contribution in [0.4, 0.5) is 0 Å². The molecule has 0 saturated heterocycles. The lowest BCUT2D eigenvalue weighted by molar-refractivity contribution is 0.0936. The number of amides is 1. The quantitative estimate of drug-likeness (QED) is 0.708. The van der Waals surface area contributed by atoms with Crippen LogP contribution in [0.2, 0.25) is 0 Å². The molecule has 28 heavy (non-hydrogen) atoms. The largest absolute Gasteiger partial charge is 0.497 e. The molecule has 2 aromatic heterocycles. The fourth-order valence-corrected chi connectivity index (χ4v) is 4.57. The van der Waals surface area contributed by atoms with E-state index in [1.807, 2.05) is 13.0 Å². The summed E-state index contributed by atoms with van der Waals surface area (Å²) >= 11 is 1.35. The molecule has 0 saturated carbocycles. The van der Waals surface area contributed by atoms with E-state index in [1.165, 1.54) is 22.5 Å². The summed E-state index contributed by atoms with van der Waals surface area (Å²) in [6.07, 6.45) is 7.03. The van der Waals surface area contributed by atoms with Crippen LogP contribution in [0.3, 0.4) is 0 Å². The molecule has 0 bridgehead atoms. The molecule has 1 atom stereocenters. The van der Waals surface area contributed by atoms with Crippen molar-refractivity contribution in [1.82, 2.24) is 20.3 Å². The van der Waals surface area contributed by atoms with Crippen LogP contribution < -0.4 is 10.1 Å². The Bertz CT molecular complexity index is 987. The monoisotopic (exact) mass is 394 g/mol. The van der Waals surface area contributed by atoms with Gasteiger partial charge in [0.25, 0.3) is 5.91 Å². The molecule has 0 radical (unpaired) electrons. The molecule has 0 fully saturated rings. The summed E-state index contributed by atoms with van der Waals surface area (Å²) in [5.41, 5.74) is 3.21. The Labute approximate surface area is 168 Å². The number of nitrogens with zero attached hydrogens (tertiary/aromatic N) is 3. The molecule has 1 aliphatic carbocycles. The van der Waals surface area contributed by atoms with Gasteiger partial charge in [0.2, 0.25) is 0 Å². The second-order valence-corrected chi connectivity index (χ2v) is 7.70. The third-order valence-electron chi connectivity index (χ3n) is 4.97. The summed E-state index contributed by atoms with van der Waals surface area (Å²) in [6, 6.07) is 7.86. The SMILES string of the molecule is CCc1nc(-c2ncccn2)sc1C(=O)NC1CCCc2cc(OC)ccc21. The first-order chi connectivity index (χ1) is 13.7. The van der Waals surface area contributed by atoms with Crippen molar-refractivity contribution in [3.63, 3.8) is 0 Å². The zero-order valence-corrected chi connectivity index (χ0v) is 16.8. The molecule has 7 heteroatoms. The van der Waals surface area contributed by atoms with Crippen molar-refractivity contribution in [3.8, 4) is 16.6 Å². The van der Waals surface area contributed by atoms with Crippen molar-refractivity contribution in [2.45, 2.75) is 38.6 Å². The standard InChI is InChI=1S/C21H22N4O2S/c1-3-16-18(28-21(25-16)19-22-10-5-11-23-19)20(26)24-17-7-4-6-13-12-14(27-2)8-9-15(13)17/h5,8-12,17H,3-4,6-7H2,1-2H3,(H,24,26). The van der Waals surface area contributed by atoms with E-state index in [2.05, 4.69) is 32.4 Å². The molecule has 4 rings (SSSR count). The minimum absolute atomic E-state index is 0.00499. The first-order valence-corrected chi connectivity index (χ1v) is 10.3. The van der Waals surface area contributed by atoms with E-state index in [1.54, 1.807) is 25.6 Å². The van der Waals surface area contributed by atoms with Gasteiger partial charge in [0.1, 0.15) is 10.6 Å². The Morgan fingerprint density at radius 1 is 1.32 bits per heavy atom. The first-order valence-electron chi connectivity index (χ1n) is 9.44. The van der Waals surface area contributed by atoms with E-state index in [0.717, 1.165) is 30.7 Å². The van der Waals surface area contributed by atoms with Gasteiger partial charge in [0.05, 0.1) is 18.8 Å². The number of ether oxygens (including phenoxy) is 1. The van der Waals surface area contributed by atoms with Crippen LogP contribution in [0.1, 0.15) is 52.3 Å². The molecule has 1 N–H and O–H groups in total. The fraction of sp³-hybridized carbons (Fsp3) is 0.333. The third kappa shape index (κ3) is 3.62. The number of nitrogens with one attached hydrogen (secondary N) is 1. The Hall–Kier alpha value is -2.80. The molecule has 0 aliphatic heterocycles. The Balaban J connectivity index is 1.59. The van der Waals surface area contributed by atoms with Crippen molar-refractivity contribution in [2.75, 3.05) is 7.11 Å². The van der Waals surface area contributed by atoms with Gasteiger partial charge >= 0.3 is 0 Å². The minimum atomic E-state index is -0.0785. The molecule has 3 aromatic rings. The van der Waals surface area contributed by atoms with E-state index in [-0.39, 0.29) is 11.9 Å². The number of thiazole rings is 1. The predicted molar refractivity (Wildman–Crippen MR) is 109 cm³/mol. The Kier molecular flexibility index (Phi) is 5.34. The van der Waals surface area contributed by atoms with Crippen LogP contribution in [-0.4, -0.2) is 28.0 Å². The predicted octanol–water partition coefficient (Wildman–Crippen LogP) is 3.98. The van der Waals surface area contributed by atoms with Crippen LogP contribution in [0, 0.1) is 0 Å². The average Bonchev–Trinajstić information content (AvgIpc) is 3.19. The maximum atomic E-state index is 13.1. The third-order valence-corrected chi connectivity index (χ3v) is 6.06. The van der Waals surface area contributed by atoms with Crippen LogP contribution >= 0.6 is 11.3 Å². The number of aromatic nitrogens is 3. The fourth-order valence-electron chi connectivity index (χ4n) is 3.57. The Morgan fingerprint density at radius 2 is 2.14 bits per heavy atom. The molecule has 6 nitrogen and oxygen atoms in total. The molecule has 0 spiro atoms. The van der Waals surface area contributed by atoms with Crippen molar-refractivity contribution >= 4 is 17.2 Å². The number of carbonyl (C=O) groups excluding carboxylic acids is 1. The van der Waals surface area contributed by atoms with Crippen LogP contribution in [0.15, 0.2) is 36.7 Å². The van der Waals surface area contributed by atoms with E-state index < -0.39 is 0 Å². The summed E-state index contributed by atoms with van der Waals surface area (Å²) in [5.74, 6) is 1.33. The van der Waals surface area contributed by atoms with E-state index >= 15 is 0 Å². The highest BCUT2D eigenvalue weighted by molar-refractivity contribution is 7.17. The number of hydrogen-bond acceptors (Lipinski definition) is 6. The normalized spacial score (nSPS) is 15.7. The second-order valence-electron chi connectivity index (χ2n) is 6.70. The highest BCUT2D eigenvalue weighted by Crippen LogP contribution is 2.33. The summed E-state index contributed by atoms with van der Waals surface area (Å²) in [6.45, 7) is 2.00. The summed E-state index contributed by atoms with van der Waals surface area (Å²) in [4.78, 5) is 26.8. The summed E-state index contributed by atoms with van der Waals surface area (Å²) in [7, 11) is 1.67. The molecule has 2 heterocycles. The smallest absolute Gasteiger partial charge is 0.263 e. The molecule has 1 aliphatic rings. The van der Waals surface area contributed by atoms with Gasteiger partial charge in [-0.05, 0) is 55.0 Å². The van der Waals surface area contributed by atoms with Gasteiger partial charge in [-0.15, -0.1) is 11.3 Å². The molecule has 1 amide bonds. The minimum Gasteiger partial charge on any atom is -0.497 e. The maximum absolute atomic E-state index is 13.1. The van der Waals surface area contributed by atoms with Gasteiger partial charge in [0.15, 0.2) is 10.8 Å². The number of methoxy groups -OCH3 is 1. The zero-order chi connectivity index (χ0) is 19.5. The first kappa shape index (κ1) is 18.6. The van der Waals surface area contributed by atoms with Crippen molar-refractivity contribution in [1.29, 1.82) is 0 Å². The van der Waals surface area contributed by atoms with Gasteiger partial charge < -0.3 is 10.1 Å². The molecule has 144 valence electrons. The van der Waals surface area contributed by atoms with Gasteiger partial charge in [-0.3, -0.25) is 4.79 Å². The van der Waals surface area contributed by atoms with Gasteiger partial charge in [-0.1, -0.05) is 13.0 Å². The number of carbonyl (C=O) groups is 1. The second kappa shape index (κ2) is 8.06. The maximum Gasteiger partial charge on any atom is 0.263 e. The van der Waals surface area contributed by atoms with Crippen molar-refractivity contribution in [2.24, 2.45) is 0 Å². The Morgan fingerprint density at radius 3 is 2.89 bits per heavy atom. The molecule has 1 aromatic carbocycles. The number of hydrogen-bond donors (Lipinski definition) is 1. The highest BCUT2D eigenvalue weighted by Gasteiger charge is 2.25. The zero-order valence-electron chi connectivity index (χ0n) is 15.9. The molecular weight excluding hydrogens is 372 g/mol. The number of benzene rings is 1. The van der Waals surface area contributed by atoms with Gasteiger partial charge in [-0.25, -0.2) is 15.0 Å². The number of rotatable bonds is 5. The lowest BCUT2D eigenvalue weighted by Crippen LogP contribution is -2.31. The van der Waals surface area contributed by atoms with Crippen molar-refractivity contribution in [3.05, 3.63) is 58.4 Å². The van der Waals surface area contributed by atoms with Crippen LogP contribution in [0.25, 0.3) is 10.8 Å². The van der Waals surface area contributed by atoms with Gasteiger partial charge in [-0.2, -0.15) is 0 Å². The van der Waals surface area contributed by atoms with E-state index in [4.69, 9.17) is 4.74 Å². The summed E-state index contributed by atoms with van der Waals surface area (Å²) in [5, 5.41) is 3.90. The van der Waals surface area contributed by atoms with Crippen molar-refractivity contribution < 1.29 is 9.53 Å². The van der Waals surface area contributed by atoms with Crippen LogP contribution in [0.5, 0.6) is 5.75 Å². The lowest BCUT2D eigenvalue weighted by atomic mass is 9.87. The van der Waals surface area contributed by atoms with Crippen LogP contribution in [-0.2, 0) is 12.8 Å². The lowest BCUT2D eigenvalue weighted by Gasteiger charge is -2.26. The summed E-state index contributed by atoms with van der Waals surface area (Å²) < 4.78 is 5.34. The molecule has 1 unspecified atom stereocenters. The highest BCUT2D eigenvalue weighted by atomic mass is 32.1. The molecular formula is C21H22N4O2S. The van der Waals surface area contributed by atoms with Gasteiger partial charge in [0, 0.05) is 12.4 Å². The van der Waals surface area contributed by atoms with E-state index in [9.17, 15) is 4.79 Å².